The smallest absolute Gasteiger partial charge is 0.146 e. The lowest BCUT2D eigenvalue weighted by Crippen LogP contribution is -2.20. The highest BCUT2D eigenvalue weighted by Gasteiger charge is 2.27. The average molecular weight is 286 g/mol. The molecule has 0 spiro atoms. The predicted octanol–water partition coefficient (Wildman–Crippen LogP) is 3.81. The monoisotopic (exact) mass is 285 g/mol. The molecular weight excluding hydrogens is 269 g/mol. The van der Waals surface area contributed by atoms with E-state index in [-0.39, 0.29) is 5.82 Å². The van der Waals surface area contributed by atoms with Gasteiger partial charge >= 0.3 is 0 Å². The normalized spacial score (nSPS) is 25.1. The second-order valence-corrected chi connectivity index (χ2v) is 5.34. The molecule has 3 heteroatoms. The van der Waals surface area contributed by atoms with Crippen molar-refractivity contribution in [2.24, 2.45) is 11.8 Å². The Morgan fingerprint density at radius 1 is 1.31 bits per heavy atom. The summed E-state index contributed by atoms with van der Waals surface area (Å²) in [5, 5.41) is 0.705. The maximum Gasteiger partial charge on any atom is 0.146 e. The second-order valence-electron chi connectivity index (χ2n) is 4.78. The fourth-order valence-corrected chi connectivity index (χ4v) is 2.57. The molecule has 0 aromatic heterocycles. The van der Waals surface area contributed by atoms with Gasteiger partial charge in [0.1, 0.15) is 5.82 Å². The molecule has 0 aliphatic carbocycles. The molecule has 2 rings (SSSR count). The zero-order valence-electron chi connectivity index (χ0n) is 9.71. The minimum Gasteiger partial charge on any atom is -0.369 e. The summed E-state index contributed by atoms with van der Waals surface area (Å²) in [4.78, 5) is 2.16. The molecule has 0 saturated carbocycles. The highest BCUT2D eigenvalue weighted by atomic mass is 79.9. The van der Waals surface area contributed by atoms with Crippen LogP contribution in [0.15, 0.2) is 18.2 Å². The van der Waals surface area contributed by atoms with E-state index in [4.69, 9.17) is 0 Å². The highest BCUT2D eigenvalue weighted by molar-refractivity contribution is 9.08. The van der Waals surface area contributed by atoms with Gasteiger partial charge in [-0.05, 0) is 29.5 Å². The minimum atomic E-state index is -0.0988. The van der Waals surface area contributed by atoms with Crippen LogP contribution in [0, 0.1) is 17.7 Å². The van der Waals surface area contributed by atoms with Crippen molar-refractivity contribution in [3.63, 3.8) is 0 Å². The largest absolute Gasteiger partial charge is 0.369 e. The first-order valence-corrected chi connectivity index (χ1v) is 6.83. The van der Waals surface area contributed by atoms with Gasteiger partial charge in [0.2, 0.25) is 0 Å². The summed E-state index contributed by atoms with van der Waals surface area (Å²) in [5.41, 5.74) is 1.74. The third-order valence-electron chi connectivity index (χ3n) is 3.50. The molecule has 2 unspecified atom stereocenters. The van der Waals surface area contributed by atoms with Gasteiger partial charge in [0.25, 0.3) is 0 Å². The molecule has 0 amide bonds. The lowest BCUT2D eigenvalue weighted by molar-refractivity contribution is 0.494. The fraction of sp³-hybridized carbons (Fsp3) is 0.538. The van der Waals surface area contributed by atoms with Crippen molar-refractivity contribution in [2.75, 3.05) is 18.0 Å². The molecule has 1 aliphatic rings. The van der Waals surface area contributed by atoms with Crippen LogP contribution in [0.3, 0.4) is 0 Å². The molecular formula is C13H17BrFN. The van der Waals surface area contributed by atoms with Crippen molar-refractivity contribution in [1.29, 1.82) is 0 Å². The number of hydrogen-bond donors (Lipinski definition) is 0. The molecule has 1 fully saturated rings. The van der Waals surface area contributed by atoms with Crippen LogP contribution in [0.25, 0.3) is 0 Å². The van der Waals surface area contributed by atoms with E-state index >= 15 is 0 Å². The third-order valence-corrected chi connectivity index (χ3v) is 4.14. The van der Waals surface area contributed by atoms with E-state index in [0.29, 0.717) is 17.2 Å². The van der Waals surface area contributed by atoms with Gasteiger partial charge in [-0.15, -0.1) is 0 Å². The molecule has 1 aromatic carbocycles. The Labute approximate surface area is 105 Å². The Balaban J connectivity index is 2.22. The van der Waals surface area contributed by atoms with Crippen LogP contribution < -0.4 is 4.90 Å². The highest BCUT2D eigenvalue weighted by Crippen LogP contribution is 2.30. The Morgan fingerprint density at radius 3 is 2.44 bits per heavy atom. The second kappa shape index (κ2) is 4.74. The zero-order valence-corrected chi connectivity index (χ0v) is 11.3. The maximum absolute atomic E-state index is 13.9. The fourth-order valence-electron chi connectivity index (χ4n) is 2.22. The van der Waals surface area contributed by atoms with Gasteiger partial charge in [-0.25, -0.2) is 4.39 Å². The van der Waals surface area contributed by atoms with E-state index in [1.165, 1.54) is 0 Å². The first kappa shape index (κ1) is 11.9. The minimum absolute atomic E-state index is 0.0988. The summed E-state index contributed by atoms with van der Waals surface area (Å²) in [6, 6.07) is 5.51. The molecule has 0 N–H and O–H groups in total. The van der Waals surface area contributed by atoms with Crippen LogP contribution in [-0.2, 0) is 5.33 Å². The van der Waals surface area contributed by atoms with Crippen LogP contribution >= 0.6 is 15.9 Å². The van der Waals surface area contributed by atoms with Crippen molar-refractivity contribution in [2.45, 2.75) is 19.2 Å². The molecule has 1 nitrogen and oxygen atoms in total. The standard InChI is InChI=1S/C13H17BrFN/c1-9-7-16(8-10(9)2)13-4-3-11(6-14)5-12(13)15/h3-5,9-10H,6-8H2,1-2H3. The van der Waals surface area contributed by atoms with Gasteiger partial charge in [0, 0.05) is 18.4 Å². The molecule has 1 aliphatic heterocycles. The summed E-state index contributed by atoms with van der Waals surface area (Å²) < 4.78 is 13.9. The summed E-state index contributed by atoms with van der Waals surface area (Å²) in [7, 11) is 0. The summed E-state index contributed by atoms with van der Waals surface area (Å²) >= 11 is 3.34. The van der Waals surface area contributed by atoms with Crippen molar-refractivity contribution in [1.82, 2.24) is 0 Å². The van der Waals surface area contributed by atoms with E-state index in [9.17, 15) is 4.39 Å². The molecule has 88 valence electrons. The number of nitrogens with zero attached hydrogens (tertiary/aromatic N) is 1. The SMILES string of the molecule is CC1CN(c2ccc(CBr)cc2F)CC1C. The van der Waals surface area contributed by atoms with Crippen LogP contribution in [0.4, 0.5) is 10.1 Å². The van der Waals surface area contributed by atoms with Crippen molar-refractivity contribution in [3.05, 3.63) is 29.6 Å². The van der Waals surface area contributed by atoms with Crippen LogP contribution in [0.2, 0.25) is 0 Å². The van der Waals surface area contributed by atoms with Crippen LogP contribution in [0.1, 0.15) is 19.4 Å². The van der Waals surface area contributed by atoms with Gasteiger partial charge in [-0.1, -0.05) is 35.8 Å². The lowest BCUT2D eigenvalue weighted by atomic mass is 10.0. The van der Waals surface area contributed by atoms with Crippen molar-refractivity contribution >= 4 is 21.6 Å². The van der Waals surface area contributed by atoms with Gasteiger partial charge in [-0.2, -0.15) is 0 Å². The van der Waals surface area contributed by atoms with E-state index in [1.807, 2.05) is 12.1 Å². The molecule has 2 atom stereocenters. The third kappa shape index (κ3) is 2.24. The Morgan fingerprint density at radius 2 is 1.94 bits per heavy atom. The number of alkyl halides is 1. The van der Waals surface area contributed by atoms with E-state index in [0.717, 1.165) is 24.3 Å². The van der Waals surface area contributed by atoms with E-state index in [2.05, 4.69) is 34.7 Å². The van der Waals surface area contributed by atoms with Gasteiger partial charge in [0.15, 0.2) is 0 Å². The number of rotatable bonds is 2. The quantitative estimate of drug-likeness (QED) is 0.747. The molecule has 1 aromatic rings. The van der Waals surface area contributed by atoms with Crippen molar-refractivity contribution < 1.29 is 4.39 Å². The number of halogens is 2. The first-order chi connectivity index (χ1) is 7.61. The van der Waals surface area contributed by atoms with Gasteiger partial charge in [0.05, 0.1) is 5.69 Å². The summed E-state index contributed by atoms with van der Waals surface area (Å²) in [6.07, 6.45) is 0. The molecule has 16 heavy (non-hydrogen) atoms. The molecule has 1 saturated heterocycles. The number of benzene rings is 1. The van der Waals surface area contributed by atoms with E-state index in [1.54, 1.807) is 6.07 Å². The lowest BCUT2D eigenvalue weighted by Gasteiger charge is -2.19. The molecule has 0 radical (unpaired) electrons. The van der Waals surface area contributed by atoms with Gasteiger partial charge < -0.3 is 4.90 Å². The van der Waals surface area contributed by atoms with Gasteiger partial charge in [-0.3, -0.25) is 0 Å². The number of hydrogen-bond acceptors (Lipinski definition) is 1. The molecule has 1 heterocycles. The topological polar surface area (TPSA) is 3.24 Å². The Hall–Kier alpha value is -0.570. The number of anilines is 1. The average Bonchev–Trinajstić information content (AvgIpc) is 2.58. The molecule has 0 bridgehead atoms. The van der Waals surface area contributed by atoms with E-state index < -0.39 is 0 Å². The maximum atomic E-state index is 13.9. The first-order valence-electron chi connectivity index (χ1n) is 5.71. The predicted molar refractivity (Wildman–Crippen MR) is 69.6 cm³/mol. The Bertz CT molecular complexity index is 370. The van der Waals surface area contributed by atoms with Crippen molar-refractivity contribution in [3.8, 4) is 0 Å². The van der Waals surface area contributed by atoms with Crippen LogP contribution in [0.5, 0.6) is 0 Å². The summed E-state index contributed by atoms with van der Waals surface area (Å²) in [6.45, 7) is 6.39. The zero-order chi connectivity index (χ0) is 11.7. The summed E-state index contributed by atoms with van der Waals surface area (Å²) in [5.74, 6) is 1.20. The van der Waals surface area contributed by atoms with Crippen LogP contribution in [-0.4, -0.2) is 13.1 Å². The Kier molecular flexibility index (Phi) is 3.53.